The molecule has 1 amide bonds. The zero-order valence-electron chi connectivity index (χ0n) is 18.9. The highest BCUT2D eigenvalue weighted by Gasteiger charge is 2.16. The number of hydrogen-bond donors (Lipinski definition) is 1. The molecule has 1 aromatic carbocycles. The predicted octanol–water partition coefficient (Wildman–Crippen LogP) is 2.02. The summed E-state index contributed by atoms with van der Waals surface area (Å²) in [4.78, 5) is 20.8. The van der Waals surface area contributed by atoms with E-state index in [9.17, 15) is 4.79 Å². The largest absolute Gasteiger partial charge is 0.496 e. The van der Waals surface area contributed by atoms with Crippen LogP contribution in [-0.2, 0) is 11.2 Å². The highest BCUT2D eigenvalue weighted by atomic mass is 16.5. The maximum atomic E-state index is 12.4. The summed E-state index contributed by atoms with van der Waals surface area (Å²) in [5.41, 5.74) is 0.928. The molecule has 0 spiro atoms. The molecule has 0 aromatic heterocycles. The van der Waals surface area contributed by atoms with Crippen LogP contribution in [0.2, 0.25) is 0 Å². The maximum absolute atomic E-state index is 12.4. The number of aliphatic imine (C=N–C) groups is 1. The molecule has 0 aliphatic carbocycles. The van der Waals surface area contributed by atoms with Crippen molar-refractivity contribution in [3.8, 4) is 17.2 Å². The molecule has 0 aliphatic heterocycles. The smallest absolute Gasteiger partial charge is 0.242 e. The summed E-state index contributed by atoms with van der Waals surface area (Å²) in [6.45, 7) is 8.89. The van der Waals surface area contributed by atoms with E-state index >= 15 is 0 Å². The summed E-state index contributed by atoms with van der Waals surface area (Å²) < 4.78 is 16.3. The van der Waals surface area contributed by atoms with Crippen molar-refractivity contribution >= 4 is 11.9 Å². The van der Waals surface area contributed by atoms with Crippen LogP contribution in [0.3, 0.4) is 0 Å². The van der Waals surface area contributed by atoms with E-state index in [1.54, 1.807) is 21.3 Å². The molecule has 8 nitrogen and oxygen atoms in total. The number of amides is 1. The maximum Gasteiger partial charge on any atom is 0.242 e. The summed E-state index contributed by atoms with van der Waals surface area (Å²) in [5, 5.41) is 3.25. The van der Waals surface area contributed by atoms with E-state index in [1.807, 2.05) is 49.8 Å². The molecule has 1 N–H and O–H groups in total. The number of carbonyl (C=O) groups is 1. The summed E-state index contributed by atoms with van der Waals surface area (Å²) in [5.74, 6) is 2.85. The first-order valence-corrected chi connectivity index (χ1v) is 10.0. The topological polar surface area (TPSA) is 75.6 Å². The average molecular weight is 409 g/mol. The van der Waals surface area contributed by atoms with E-state index < -0.39 is 0 Å². The monoisotopic (exact) mass is 408 g/mol. The molecule has 0 saturated heterocycles. The van der Waals surface area contributed by atoms with Crippen molar-refractivity contribution in [1.82, 2.24) is 15.1 Å². The molecule has 1 rings (SSSR count). The van der Waals surface area contributed by atoms with Crippen molar-refractivity contribution < 1.29 is 19.0 Å². The van der Waals surface area contributed by atoms with Gasteiger partial charge in [-0.15, -0.1) is 0 Å². The van der Waals surface area contributed by atoms with Gasteiger partial charge < -0.3 is 29.3 Å². The summed E-state index contributed by atoms with van der Waals surface area (Å²) >= 11 is 0. The van der Waals surface area contributed by atoms with Crippen molar-refractivity contribution in [3.05, 3.63) is 17.7 Å². The third kappa shape index (κ3) is 7.03. The SMILES string of the molecule is CCNC(=NCCc1c(OC)cc(OC)cc1OC)N(C)CC(=O)N(CC)CC. The van der Waals surface area contributed by atoms with Crippen LogP contribution in [0.1, 0.15) is 26.3 Å². The van der Waals surface area contributed by atoms with Gasteiger partial charge in [0, 0.05) is 50.9 Å². The van der Waals surface area contributed by atoms with Gasteiger partial charge in [-0.25, -0.2) is 0 Å². The number of likely N-dealkylation sites (N-methyl/N-ethyl adjacent to an activating group) is 2. The van der Waals surface area contributed by atoms with Crippen LogP contribution in [-0.4, -0.2) is 82.8 Å². The van der Waals surface area contributed by atoms with Crippen LogP contribution < -0.4 is 19.5 Å². The standard InChI is InChI=1S/C21H36N4O4/c1-8-22-21(24(4)15-20(26)25(9-2)10-3)23-12-11-17-18(28-6)13-16(27-5)14-19(17)29-7/h13-14H,8-12,15H2,1-7H3,(H,22,23). The molecule has 164 valence electrons. The quantitative estimate of drug-likeness (QED) is 0.446. The Morgan fingerprint density at radius 2 is 1.62 bits per heavy atom. The zero-order chi connectivity index (χ0) is 21.8. The predicted molar refractivity (Wildman–Crippen MR) is 116 cm³/mol. The minimum absolute atomic E-state index is 0.0848. The van der Waals surface area contributed by atoms with Gasteiger partial charge in [0.15, 0.2) is 5.96 Å². The van der Waals surface area contributed by atoms with Crippen LogP contribution in [0.4, 0.5) is 0 Å². The summed E-state index contributed by atoms with van der Waals surface area (Å²) in [6.07, 6.45) is 0.628. The number of rotatable bonds is 11. The van der Waals surface area contributed by atoms with E-state index in [2.05, 4.69) is 10.3 Å². The van der Waals surface area contributed by atoms with E-state index in [0.29, 0.717) is 49.3 Å². The second kappa shape index (κ2) is 12.7. The molecule has 0 bridgehead atoms. The van der Waals surface area contributed by atoms with Gasteiger partial charge in [0.2, 0.25) is 5.91 Å². The average Bonchev–Trinajstić information content (AvgIpc) is 2.73. The van der Waals surface area contributed by atoms with E-state index in [1.165, 1.54) is 0 Å². The number of guanidine groups is 1. The van der Waals surface area contributed by atoms with Gasteiger partial charge >= 0.3 is 0 Å². The van der Waals surface area contributed by atoms with Crippen LogP contribution in [0.5, 0.6) is 17.2 Å². The van der Waals surface area contributed by atoms with Crippen molar-refractivity contribution in [2.75, 3.05) is 61.1 Å². The Balaban J connectivity index is 2.93. The minimum Gasteiger partial charge on any atom is -0.496 e. The van der Waals surface area contributed by atoms with Gasteiger partial charge in [0.05, 0.1) is 27.9 Å². The molecular formula is C21H36N4O4. The van der Waals surface area contributed by atoms with E-state index in [4.69, 9.17) is 14.2 Å². The van der Waals surface area contributed by atoms with Crippen molar-refractivity contribution in [1.29, 1.82) is 0 Å². The summed E-state index contributed by atoms with van der Waals surface area (Å²) in [6, 6.07) is 3.67. The number of benzene rings is 1. The van der Waals surface area contributed by atoms with Gasteiger partial charge in [-0.1, -0.05) is 0 Å². The molecule has 0 atom stereocenters. The van der Waals surface area contributed by atoms with Crippen molar-refractivity contribution in [2.24, 2.45) is 4.99 Å². The Morgan fingerprint density at radius 1 is 1.03 bits per heavy atom. The Labute approximate surface area is 174 Å². The second-order valence-electron chi connectivity index (χ2n) is 6.42. The second-order valence-corrected chi connectivity index (χ2v) is 6.42. The summed E-state index contributed by atoms with van der Waals surface area (Å²) in [7, 11) is 6.73. The van der Waals surface area contributed by atoms with Gasteiger partial charge in [0.1, 0.15) is 17.2 Å². The number of methoxy groups -OCH3 is 3. The number of nitrogens with one attached hydrogen (secondary N) is 1. The molecule has 0 aliphatic rings. The molecule has 0 radical (unpaired) electrons. The van der Waals surface area contributed by atoms with E-state index in [0.717, 1.165) is 12.1 Å². The Morgan fingerprint density at radius 3 is 2.07 bits per heavy atom. The first-order chi connectivity index (χ1) is 13.9. The third-order valence-electron chi connectivity index (χ3n) is 4.63. The zero-order valence-corrected chi connectivity index (χ0v) is 18.9. The van der Waals surface area contributed by atoms with Crippen LogP contribution in [0, 0.1) is 0 Å². The van der Waals surface area contributed by atoms with Gasteiger partial charge in [-0.2, -0.15) is 0 Å². The molecule has 1 aromatic rings. The highest BCUT2D eigenvalue weighted by molar-refractivity contribution is 5.86. The number of carbonyl (C=O) groups excluding carboxylic acids is 1. The molecule has 0 unspecified atom stereocenters. The molecule has 8 heteroatoms. The normalized spacial score (nSPS) is 11.1. The van der Waals surface area contributed by atoms with Crippen molar-refractivity contribution in [2.45, 2.75) is 27.2 Å². The van der Waals surface area contributed by atoms with Crippen LogP contribution in [0.15, 0.2) is 17.1 Å². The van der Waals surface area contributed by atoms with E-state index in [-0.39, 0.29) is 12.5 Å². The lowest BCUT2D eigenvalue weighted by Crippen LogP contribution is -2.45. The lowest BCUT2D eigenvalue weighted by molar-refractivity contribution is -0.131. The first-order valence-electron chi connectivity index (χ1n) is 10.0. The van der Waals surface area contributed by atoms with Gasteiger partial charge in [-0.3, -0.25) is 9.79 Å². The van der Waals surface area contributed by atoms with Crippen molar-refractivity contribution in [3.63, 3.8) is 0 Å². The number of ether oxygens (including phenoxy) is 3. The molecule has 0 heterocycles. The fourth-order valence-corrected chi connectivity index (χ4v) is 3.02. The number of hydrogen-bond acceptors (Lipinski definition) is 5. The lowest BCUT2D eigenvalue weighted by atomic mass is 10.1. The molecule has 0 fully saturated rings. The minimum atomic E-state index is 0.0848. The Bertz CT molecular complexity index is 650. The number of nitrogens with zero attached hydrogens (tertiary/aromatic N) is 3. The molecule has 29 heavy (non-hydrogen) atoms. The third-order valence-corrected chi connectivity index (χ3v) is 4.63. The first kappa shape index (κ1) is 24.4. The highest BCUT2D eigenvalue weighted by Crippen LogP contribution is 2.34. The van der Waals surface area contributed by atoms with Crippen LogP contribution >= 0.6 is 0 Å². The molecule has 0 saturated carbocycles. The Hall–Kier alpha value is -2.64. The fourth-order valence-electron chi connectivity index (χ4n) is 3.02. The van der Waals surface area contributed by atoms with Crippen LogP contribution in [0.25, 0.3) is 0 Å². The fraction of sp³-hybridized carbons (Fsp3) is 0.619. The Kier molecular flexibility index (Phi) is 10.7. The lowest BCUT2D eigenvalue weighted by Gasteiger charge is -2.25. The molecular weight excluding hydrogens is 372 g/mol. The van der Waals surface area contributed by atoms with Gasteiger partial charge in [0.25, 0.3) is 0 Å². The van der Waals surface area contributed by atoms with Gasteiger partial charge in [-0.05, 0) is 27.2 Å².